The highest BCUT2D eigenvalue weighted by atomic mass is 16.3. The van der Waals surface area contributed by atoms with Gasteiger partial charge in [-0.05, 0) is 19.4 Å². The maximum atomic E-state index is 8.73. The van der Waals surface area contributed by atoms with Gasteiger partial charge in [0.05, 0.1) is 0 Å². The van der Waals surface area contributed by atoms with E-state index in [1.54, 1.807) is 0 Å². The van der Waals surface area contributed by atoms with Gasteiger partial charge in [-0.1, -0.05) is 6.08 Å². The first-order valence-electron chi connectivity index (χ1n) is 4.31. The summed E-state index contributed by atoms with van der Waals surface area (Å²) in [6.07, 6.45) is 4.28. The van der Waals surface area contributed by atoms with Crippen molar-refractivity contribution in [3.63, 3.8) is 0 Å². The van der Waals surface area contributed by atoms with Crippen molar-refractivity contribution in [3.05, 3.63) is 12.7 Å². The second-order valence-corrected chi connectivity index (χ2v) is 3.24. The number of rotatable bonds is 5. The number of hydrogen-bond acceptors (Lipinski definition) is 2. The highest BCUT2D eigenvalue weighted by Crippen LogP contribution is 2.14. The van der Waals surface area contributed by atoms with Gasteiger partial charge in [0.15, 0.2) is 0 Å². The van der Waals surface area contributed by atoms with Crippen molar-refractivity contribution in [3.8, 4) is 0 Å². The Hall–Kier alpha value is -0.340. The molecule has 0 aliphatic carbocycles. The number of likely N-dealkylation sites (tertiary alicyclic amines) is 1. The van der Waals surface area contributed by atoms with Gasteiger partial charge in [-0.15, -0.1) is 6.58 Å². The maximum Gasteiger partial charge on any atom is 0.0483 e. The lowest BCUT2D eigenvalue weighted by Gasteiger charge is -2.38. The Morgan fingerprint density at radius 1 is 1.55 bits per heavy atom. The van der Waals surface area contributed by atoms with Gasteiger partial charge in [0, 0.05) is 25.6 Å². The van der Waals surface area contributed by atoms with Crippen LogP contribution in [0.1, 0.15) is 12.8 Å². The number of aliphatic hydroxyl groups is 1. The third-order valence-corrected chi connectivity index (χ3v) is 2.17. The van der Waals surface area contributed by atoms with Crippen LogP contribution in [0.3, 0.4) is 0 Å². The molecule has 2 heteroatoms. The highest BCUT2D eigenvalue weighted by molar-refractivity contribution is 4.79. The smallest absolute Gasteiger partial charge is 0.0483 e. The summed E-state index contributed by atoms with van der Waals surface area (Å²) in [6, 6.07) is 0. The molecule has 0 aromatic heterocycles. The van der Waals surface area contributed by atoms with E-state index in [-0.39, 0.29) is 0 Å². The molecule has 1 aliphatic heterocycles. The molecule has 1 rings (SSSR count). The molecule has 1 N–H and O–H groups in total. The highest BCUT2D eigenvalue weighted by Gasteiger charge is 2.24. The van der Waals surface area contributed by atoms with Gasteiger partial charge in [-0.3, -0.25) is 0 Å². The first-order valence-corrected chi connectivity index (χ1v) is 4.31. The Labute approximate surface area is 68.5 Å². The van der Waals surface area contributed by atoms with Gasteiger partial charge in [0.2, 0.25) is 0 Å². The number of nitrogens with zero attached hydrogens (tertiary/aromatic N) is 1. The number of hydrogen-bond donors (Lipinski definition) is 1. The van der Waals surface area contributed by atoms with Crippen LogP contribution in [0, 0.1) is 5.92 Å². The van der Waals surface area contributed by atoms with Gasteiger partial charge in [-0.2, -0.15) is 0 Å². The minimum Gasteiger partial charge on any atom is -0.396 e. The van der Waals surface area contributed by atoms with Crippen LogP contribution < -0.4 is 0 Å². The summed E-state index contributed by atoms with van der Waals surface area (Å²) >= 11 is 0. The molecule has 0 aromatic carbocycles. The van der Waals surface area contributed by atoms with Crippen molar-refractivity contribution < 1.29 is 5.11 Å². The summed E-state index contributed by atoms with van der Waals surface area (Å²) in [5, 5.41) is 8.73. The van der Waals surface area contributed by atoms with E-state index in [1.807, 2.05) is 6.08 Å². The third kappa shape index (κ3) is 2.64. The molecule has 64 valence electrons. The standard InChI is InChI=1S/C9H17NO/c1-2-3-4-5-10-6-9(7-10)8-11/h2,9,11H,1,3-8H2. The van der Waals surface area contributed by atoms with Gasteiger partial charge in [0.1, 0.15) is 0 Å². The maximum absolute atomic E-state index is 8.73. The fourth-order valence-electron chi connectivity index (χ4n) is 1.43. The zero-order chi connectivity index (χ0) is 8.10. The molecule has 11 heavy (non-hydrogen) atoms. The summed E-state index contributed by atoms with van der Waals surface area (Å²) in [7, 11) is 0. The van der Waals surface area contributed by atoms with Crippen LogP contribution >= 0.6 is 0 Å². The second kappa shape index (κ2) is 4.52. The summed E-state index contributed by atoms with van der Waals surface area (Å²) in [4.78, 5) is 2.38. The van der Waals surface area contributed by atoms with Crippen molar-refractivity contribution in [1.29, 1.82) is 0 Å². The Kier molecular flexibility index (Phi) is 3.60. The van der Waals surface area contributed by atoms with E-state index in [0.717, 1.165) is 19.5 Å². The molecule has 1 aliphatic rings. The predicted octanol–water partition coefficient (Wildman–Crippen LogP) is 0.877. The van der Waals surface area contributed by atoms with Crippen LogP contribution in [0.4, 0.5) is 0 Å². The van der Waals surface area contributed by atoms with Crippen LogP contribution in [0.15, 0.2) is 12.7 Å². The molecular formula is C9H17NO. The molecule has 0 atom stereocenters. The zero-order valence-corrected chi connectivity index (χ0v) is 7.00. The molecule has 0 aromatic rings. The molecule has 0 radical (unpaired) electrons. The minimum absolute atomic E-state index is 0.359. The van der Waals surface area contributed by atoms with E-state index in [0.29, 0.717) is 12.5 Å². The Balaban J connectivity index is 1.91. The topological polar surface area (TPSA) is 23.5 Å². The summed E-state index contributed by atoms with van der Waals surface area (Å²) in [5.41, 5.74) is 0. The Morgan fingerprint density at radius 3 is 2.82 bits per heavy atom. The van der Waals surface area contributed by atoms with Crippen molar-refractivity contribution in [1.82, 2.24) is 4.90 Å². The van der Waals surface area contributed by atoms with Crippen molar-refractivity contribution in [2.75, 3.05) is 26.2 Å². The van der Waals surface area contributed by atoms with Crippen molar-refractivity contribution in [2.45, 2.75) is 12.8 Å². The molecule has 1 saturated heterocycles. The number of unbranched alkanes of at least 4 members (excludes halogenated alkanes) is 1. The van der Waals surface area contributed by atoms with Gasteiger partial charge in [-0.25, -0.2) is 0 Å². The first kappa shape index (κ1) is 8.75. The van der Waals surface area contributed by atoms with Crippen LogP contribution in [0.5, 0.6) is 0 Å². The summed E-state index contributed by atoms with van der Waals surface area (Å²) < 4.78 is 0. The van der Waals surface area contributed by atoms with Crippen LogP contribution in [0.25, 0.3) is 0 Å². The van der Waals surface area contributed by atoms with E-state index in [1.165, 1.54) is 13.0 Å². The Morgan fingerprint density at radius 2 is 2.27 bits per heavy atom. The fourth-order valence-corrected chi connectivity index (χ4v) is 1.43. The molecule has 1 fully saturated rings. The summed E-state index contributed by atoms with van der Waals surface area (Å²) in [5.74, 6) is 0.554. The van der Waals surface area contributed by atoms with Crippen LogP contribution in [-0.4, -0.2) is 36.2 Å². The predicted molar refractivity (Wildman–Crippen MR) is 46.4 cm³/mol. The monoisotopic (exact) mass is 155 g/mol. The second-order valence-electron chi connectivity index (χ2n) is 3.24. The van der Waals surface area contributed by atoms with E-state index >= 15 is 0 Å². The average Bonchev–Trinajstić information content (AvgIpc) is 1.94. The molecular weight excluding hydrogens is 138 g/mol. The molecule has 0 amide bonds. The van der Waals surface area contributed by atoms with Crippen molar-refractivity contribution in [2.24, 2.45) is 5.92 Å². The quantitative estimate of drug-likeness (QED) is 0.470. The molecule has 1 heterocycles. The summed E-state index contributed by atoms with van der Waals surface area (Å²) in [6.45, 7) is 7.38. The molecule has 0 saturated carbocycles. The third-order valence-electron chi connectivity index (χ3n) is 2.17. The zero-order valence-electron chi connectivity index (χ0n) is 7.00. The van der Waals surface area contributed by atoms with Gasteiger partial charge < -0.3 is 10.0 Å². The van der Waals surface area contributed by atoms with Crippen LogP contribution in [0.2, 0.25) is 0 Å². The van der Waals surface area contributed by atoms with E-state index in [2.05, 4.69) is 11.5 Å². The number of allylic oxidation sites excluding steroid dienone is 1. The van der Waals surface area contributed by atoms with Crippen molar-refractivity contribution >= 4 is 0 Å². The minimum atomic E-state index is 0.359. The molecule has 2 nitrogen and oxygen atoms in total. The molecule has 0 bridgehead atoms. The Bertz CT molecular complexity index is 119. The normalized spacial score (nSPS) is 19.7. The lowest BCUT2D eigenvalue weighted by molar-refractivity contribution is 0.0535. The molecule has 0 unspecified atom stereocenters. The SMILES string of the molecule is C=CCCCN1CC(CO)C1. The van der Waals surface area contributed by atoms with Gasteiger partial charge in [0.25, 0.3) is 0 Å². The largest absolute Gasteiger partial charge is 0.396 e. The molecule has 0 spiro atoms. The van der Waals surface area contributed by atoms with E-state index < -0.39 is 0 Å². The van der Waals surface area contributed by atoms with E-state index in [9.17, 15) is 0 Å². The number of aliphatic hydroxyl groups excluding tert-OH is 1. The lowest BCUT2D eigenvalue weighted by atomic mass is 10.0. The lowest BCUT2D eigenvalue weighted by Crippen LogP contribution is -2.48. The van der Waals surface area contributed by atoms with Gasteiger partial charge >= 0.3 is 0 Å². The average molecular weight is 155 g/mol. The first-order chi connectivity index (χ1) is 5.36. The van der Waals surface area contributed by atoms with E-state index in [4.69, 9.17) is 5.11 Å². The fraction of sp³-hybridized carbons (Fsp3) is 0.778. The van der Waals surface area contributed by atoms with Crippen LogP contribution in [-0.2, 0) is 0 Å².